The van der Waals surface area contributed by atoms with E-state index in [1.165, 1.54) is 12.1 Å². The van der Waals surface area contributed by atoms with E-state index in [0.29, 0.717) is 6.42 Å². The predicted octanol–water partition coefficient (Wildman–Crippen LogP) is 3.02. The third kappa shape index (κ3) is 4.22. The van der Waals surface area contributed by atoms with E-state index in [9.17, 15) is 22.8 Å². The maximum atomic E-state index is 12.9. The second kappa shape index (κ2) is 7.29. The molecule has 0 bridgehead atoms. The van der Waals surface area contributed by atoms with Gasteiger partial charge < -0.3 is 10.1 Å². The van der Waals surface area contributed by atoms with Crippen molar-refractivity contribution in [1.29, 1.82) is 0 Å². The van der Waals surface area contributed by atoms with Gasteiger partial charge in [0.2, 0.25) is 0 Å². The van der Waals surface area contributed by atoms with E-state index in [0.717, 1.165) is 19.2 Å². The number of rotatable bonds is 5. The van der Waals surface area contributed by atoms with Crippen LogP contribution in [-0.2, 0) is 15.7 Å². The molecule has 0 aromatic heterocycles. The summed E-state index contributed by atoms with van der Waals surface area (Å²) in [6.45, 7) is 3.51. The first-order valence-electron chi connectivity index (χ1n) is 6.77. The second-order valence-electron chi connectivity index (χ2n) is 4.90. The Hall–Kier alpha value is -2.05. The lowest BCUT2D eigenvalue weighted by Gasteiger charge is -2.22. The molecule has 1 N–H and O–H groups in total. The number of alkyl halides is 3. The smallest absolute Gasteiger partial charge is 0.417 e. The minimum absolute atomic E-state index is 0.269. The first-order chi connectivity index (χ1) is 10.2. The molecule has 1 aromatic rings. The molecular weight excluding hydrogens is 299 g/mol. The van der Waals surface area contributed by atoms with Crippen molar-refractivity contribution in [1.82, 2.24) is 5.32 Å². The Morgan fingerprint density at radius 3 is 2.36 bits per heavy atom. The number of amides is 1. The number of carbonyl (C=O) groups is 2. The number of methoxy groups -OCH3 is 1. The molecule has 0 unspecified atom stereocenters. The van der Waals surface area contributed by atoms with Crippen LogP contribution in [0.2, 0.25) is 0 Å². The molecule has 0 fully saturated rings. The molecule has 122 valence electrons. The van der Waals surface area contributed by atoms with Crippen molar-refractivity contribution < 1.29 is 27.5 Å². The highest BCUT2D eigenvalue weighted by Gasteiger charge is 2.36. The molecule has 1 aromatic carbocycles. The van der Waals surface area contributed by atoms with E-state index in [1.807, 2.05) is 0 Å². The van der Waals surface area contributed by atoms with Crippen molar-refractivity contribution in [2.45, 2.75) is 32.5 Å². The lowest BCUT2D eigenvalue weighted by atomic mass is 9.98. The monoisotopic (exact) mass is 317 g/mol. The first-order valence-corrected chi connectivity index (χ1v) is 6.77. The number of hydrogen-bond acceptors (Lipinski definition) is 3. The molecule has 22 heavy (non-hydrogen) atoms. The van der Waals surface area contributed by atoms with Crippen molar-refractivity contribution in [2.24, 2.45) is 5.92 Å². The molecule has 0 heterocycles. The molecule has 0 aliphatic heterocycles. The van der Waals surface area contributed by atoms with Gasteiger partial charge >= 0.3 is 12.1 Å². The molecule has 0 aliphatic rings. The number of nitrogens with one attached hydrogen (secondary N) is 1. The number of esters is 1. The van der Waals surface area contributed by atoms with Crippen LogP contribution < -0.4 is 5.32 Å². The number of carbonyl (C=O) groups excluding carboxylic acids is 2. The summed E-state index contributed by atoms with van der Waals surface area (Å²) < 4.78 is 43.4. The highest BCUT2D eigenvalue weighted by atomic mass is 19.4. The molecule has 0 saturated heterocycles. The minimum atomic E-state index is -4.65. The normalized spacial score (nSPS) is 14.1. The third-order valence-corrected chi connectivity index (χ3v) is 3.43. The average molecular weight is 317 g/mol. The predicted molar refractivity (Wildman–Crippen MR) is 74.2 cm³/mol. The molecule has 7 heteroatoms. The van der Waals surface area contributed by atoms with E-state index in [2.05, 4.69) is 10.1 Å². The van der Waals surface area contributed by atoms with Crippen LogP contribution in [0.5, 0.6) is 0 Å². The molecule has 2 atom stereocenters. The average Bonchev–Trinajstić information content (AvgIpc) is 2.50. The SMILES string of the molecule is CC[C@H](C)[C@H](NC(=O)c1ccccc1C(F)(F)F)C(=O)OC. The van der Waals surface area contributed by atoms with E-state index in [4.69, 9.17) is 0 Å². The zero-order valence-corrected chi connectivity index (χ0v) is 12.5. The Balaban J connectivity index is 3.08. The summed E-state index contributed by atoms with van der Waals surface area (Å²) in [7, 11) is 1.16. The molecule has 0 radical (unpaired) electrons. The number of halogens is 3. The first kappa shape index (κ1) is 18.0. The fraction of sp³-hybridized carbons (Fsp3) is 0.467. The van der Waals surface area contributed by atoms with E-state index in [-0.39, 0.29) is 5.92 Å². The Labute approximate surface area is 126 Å². The fourth-order valence-corrected chi connectivity index (χ4v) is 1.94. The molecule has 4 nitrogen and oxygen atoms in total. The third-order valence-electron chi connectivity index (χ3n) is 3.43. The van der Waals surface area contributed by atoms with Gasteiger partial charge in [-0.2, -0.15) is 13.2 Å². The summed E-state index contributed by atoms with van der Waals surface area (Å²) in [6.07, 6.45) is -4.09. The lowest BCUT2D eigenvalue weighted by molar-refractivity contribution is -0.144. The van der Waals surface area contributed by atoms with Crippen molar-refractivity contribution in [3.8, 4) is 0 Å². The van der Waals surface area contributed by atoms with Gasteiger partial charge in [-0.15, -0.1) is 0 Å². The zero-order chi connectivity index (χ0) is 16.9. The van der Waals surface area contributed by atoms with Gasteiger partial charge in [-0.25, -0.2) is 4.79 Å². The van der Waals surface area contributed by atoms with Crippen LogP contribution in [-0.4, -0.2) is 25.0 Å². The van der Waals surface area contributed by atoms with E-state index in [1.54, 1.807) is 13.8 Å². The summed E-state index contributed by atoms with van der Waals surface area (Å²) >= 11 is 0. The molecule has 0 spiro atoms. The van der Waals surface area contributed by atoms with Crippen molar-refractivity contribution >= 4 is 11.9 Å². The maximum Gasteiger partial charge on any atom is 0.417 e. The van der Waals surface area contributed by atoms with Crippen LogP contribution in [0.3, 0.4) is 0 Å². The van der Waals surface area contributed by atoms with E-state index >= 15 is 0 Å². The standard InChI is InChI=1S/C15H18F3NO3/c1-4-9(2)12(14(21)22-3)19-13(20)10-7-5-6-8-11(10)15(16,17)18/h5-9,12H,4H2,1-3H3,(H,19,20)/t9-,12-/m0/s1. The van der Waals surface area contributed by atoms with Crippen LogP contribution in [0, 0.1) is 5.92 Å². The lowest BCUT2D eigenvalue weighted by Crippen LogP contribution is -2.46. The molecule has 0 saturated carbocycles. The van der Waals surface area contributed by atoms with Crippen LogP contribution >= 0.6 is 0 Å². The van der Waals surface area contributed by atoms with Gasteiger partial charge in [-0.3, -0.25) is 4.79 Å². The zero-order valence-electron chi connectivity index (χ0n) is 12.5. The highest BCUT2D eigenvalue weighted by molar-refractivity contribution is 5.98. The Morgan fingerprint density at radius 1 is 1.27 bits per heavy atom. The minimum Gasteiger partial charge on any atom is -0.467 e. The fourth-order valence-electron chi connectivity index (χ4n) is 1.94. The molecule has 1 amide bonds. The summed E-state index contributed by atoms with van der Waals surface area (Å²) in [5, 5.41) is 2.33. The van der Waals surface area contributed by atoms with Crippen molar-refractivity contribution in [2.75, 3.05) is 7.11 Å². The molecular formula is C15H18F3NO3. The van der Waals surface area contributed by atoms with E-state index < -0.39 is 35.2 Å². The van der Waals surface area contributed by atoms with Gasteiger partial charge in [0.15, 0.2) is 0 Å². The summed E-state index contributed by atoms with van der Waals surface area (Å²) in [6, 6.07) is 3.44. The Kier molecular flexibility index (Phi) is 5.96. The summed E-state index contributed by atoms with van der Waals surface area (Å²) in [5.74, 6) is -1.91. The van der Waals surface area contributed by atoms with Crippen LogP contribution in [0.4, 0.5) is 13.2 Å². The summed E-state index contributed by atoms with van der Waals surface area (Å²) in [5.41, 5.74) is -1.56. The number of benzene rings is 1. The van der Waals surface area contributed by atoms with Crippen molar-refractivity contribution in [3.63, 3.8) is 0 Å². The quantitative estimate of drug-likeness (QED) is 0.849. The van der Waals surface area contributed by atoms with Gasteiger partial charge in [-0.05, 0) is 18.1 Å². The van der Waals surface area contributed by atoms with Gasteiger partial charge in [-0.1, -0.05) is 32.4 Å². The maximum absolute atomic E-state index is 12.9. The second-order valence-corrected chi connectivity index (χ2v) is 4.90. The molecule has 0 aliphatic carbocycles. The van der Waals surface area contributed by atoms with Crippen molar-refractivity contribution in [3.05, 3.63) is 35.4 Å². The summed E-state index contributed by atoms with van der Waals surface area (Å²) in [4.78, 5) is 23.8. The Bertz CT molecular complexity index is 543. The topological polar surface area (TPSA) is 55.4 Å². The Morgan fingerprint density at radius 2 is 1.86 bits per heavy atom. The number of ether oxygens (including phenoxy) is 1. The van der Waals surface area contributed by atoms with Crippen LogP contribution in [0.25, 0.3) is 0 Å². The molecule has 1 rings (SSSR count). The highest BCUT2D eigenvalue weighted by Crippen LogP contribution is 2.31. The van der Waals surface area contributed by atoms with Gasteiger partial charge in [0.05, 0.1) is 18.2 Å². The van der Waals surface area contributed by atoms with Crippen LogP contribution in [0.15, 0.2) is 24.3 Å². The van der Waals surface area contributed by atoms with Gasteiger partial charge in [0.25, 0.3) is 5.91 Å². The number of hydrogen-bond donors (Lipinski definition) is 1. The van der Waals surface area contributed by atoms with Gasteiger partial charge in [0.1, 0.15) is 6.04 Å². The van der Waals surface area contributed by atoms with Gasteiger partial charge in [0, 0.05) is 0 Å². The van der Waals surface area contributed by atoms with Crippen LogP contribution in [0.1, 0.15) is 36.2 Å². The largest absolute Gasteiger partial charge is 0.467 e.